The number of methoxy groups -OCH3 is 1. The van der Waals surface area contributed by atoms with E-state index in [4.69, 9.17) is 4.74 Å². The van der Waals surface area contributed by atoms with Crippen LogP contribution in [0.4, 0.5) is 0 Å². The van der Waals surface area contributed by atoms with Crippen molar-refractivity contribution in [2.75, 3.05) is 20.2 Å². The zero-order valence-electron chi connectivity index (χ0n) is 11.6. The van der Waals surface area contributed by atoms with Crippen LogP contribution in [0.15, 0.2) is 18.2 Å². The number of benzene rings is 1. The van der Waals surface area contributed by atoms with Gasteiger partial charge in [-0.3, -0.25) is 9.69 Å². The number of phenolic OH excluding ortho intramolecular Hbond substituents is 1. The summed E-state index contributed by atoms with van der Waals surface area (Å²) in [4.78, 5) is 14.7. The minimum absolute atomic E-state index is 0.0136. The first-order valence-corrected chi connectivity index (χ1v) is 7.09. The summed E-state index contributed by atoms with van der Waals surface area (Å²) in [7, 11) is 1.54. The maximum Gasteiger partial charge on any atom is 0.255 e. The molecule has 1 heterocycles. The van der Waals surface area contributed by atoms with Gasteiger partial charge in [0, 0.05) is 25.2 Å². The third-order valence-corrected chi connectivity index (χ3v) is 4.07. The molecule has 0 bridgehead atoms. The highest BCUT2D eigenvalue weighted by Crippen LogP contribution is 2.30. The van der Waals surface area contributed by atoms with Crippen molar-refractivity contribution in [1.29, 1.82) is 0 Å². The lowest BCUT2D eigenvalue weighted by Crippen LogP contribution is -2.37. The predicted molar refractivity (Wildman–Crippen MR) is 75.1 cm³/mol. The molecule has 1 aliphatic heterocycles. The zero-order valence-corrected chi connectivity index (χ0v) is 11.6. The summed E-state index contributed by atoms with van der Waals surface area (Å²) in [6.07, 6.45) is 3.56. The number of ether oxygens (including phenoxy) is 1. The maximum absolute atomic E-state index is 12.2. The maximum atomic E-state index is 12.2. The fourth-order valence-corrected chi connectivity index (χ4v) is 2.76. The molecule has 1 atom stereocenters. The summed E-state index contributed by atoms with van der Waals surface area (Å²) in [5.74, 6) is 0.323. The largest absolute Gasteiger partial charge is 0.507 e. The van der Waals surface area contributed by atoms with Gasteiger partial charge in [-0.15, -0.1) is 0 Å². The Bertz CT molecular complexity index is 514. The highest BCUT2D eigenvalue weighted by molar-refractivity contribution is 5.97. The number of nitrogens with zero attached hydrogens (tertiary/aromatic N) is 1. The van der Waals surface area contributed by atoms with Gasteiger partial charge in [0.15, 0.2) is 0 Å². The van der Waals surface area contributed by atoms with Crippen molar-refractivity contribution in [3.05, 3.63) is 23.8 Å². The normalized spacial score (nSPS) is 22.8. The highest BCUT2D eigenvalue weighted by Gasteiger charge is 2.35. The minimum Gasteiger partial charge on any atom is -0.507 e. The molecule has 1 aromatic rings. The van der Waals surface area contributed by atoms with Crippen molar-refractivity contribution >= 4 is 5.91 Å². The molecule has 1 saturated heterocycles. The number of carbonyl (C=O) groups is 1. The molecule has 108 valence electrons. The Labute approximate surface area is 118 Å². The van der Waals surface area contributed by atoms with Gasteiger partial charge in [-0.2, -0.15) is 0 Å². The Morgan fingerprint density at radius 2 is 2.20 bits per heavy atom. The van der Waals surface area contributed by atoms with Gasteiger partial charge in [-0.1, -0.05) is 0 Å². The summed E-state index contributed by atoms with van der Waals surface area (Å²) in [5.41, 5.74) is 0.272. The molecule has 1 aliphatic carbocycles. The first-order valence-electron chi connectivity index (χ1n) is 7.09. The van der Waals surface area contributed by atoms with Crippen molar-refractivity contribution in [1.82, 2.24) is 10.2 Å². The summed E-state index contributed by atoms with van der Waals surface area (Å²) < 4.78 is 5.09. The van der Waals surface area contributed by atoms with E-state index in [9.17, 15) is 9.90 Å². The van der Waals surface area contributed by atoms with E-state index in [1.807, 2.05) is 0 Å². The Morgan fingerprint density at radius 3 is 2.90 bits per heavy atom. The Kier molecular flexibility index (Phi) is 3.53. The molecule has 2 aliphatic rings. The van der Waals surface area contributed by atoms with Crippen LogP contribution in [-0.4, -0.2) is 48.2 Å². The number of nitrogens with one attached hydrogen (secondary N) is 1. The van der Waals surface area contributed by atoms with Gasteiger partial charge in [0.2, 0.25) is 0 Å². The van der Waals surface area contributed by atoms with E-state index in [0.29, 0.717) is 5.75 Å². The van der Waals surface area contributed by atoms with Gasteiger partial charge >= 0.3 is 0 Å². The average Bonchev–Trinajstić information content (AvgIpc) is 3.20. The zero-order chi connectivity index (χ0) is 14.1. The van der Waals surface area contributed by atoms with E-state index in [1.165, 1.54) is 18.9 Å². The molecule has 2 fully saturated rings. The quantitative estimate of drug-likeness (QED) is 0.872. The van der Waals surface area contributed by atoms with E-state index >= 15 is 0 Å². The number of hydrogen-bond donors (Lipinski definition) is 2. The van der Waals surface area contributed by atoms with Crippen molar-refractivity contribution in [3.8, 4) is 11.5 Å². The number of carbonyl (C=O) groups excluding carboxylic acids is 1. The Balaban J connectivity index is 1.64. The topological polar surface area (TPSA) is 61.8 Å². The van der Waals surface area contributed by atoms with Gasteiger partial charge in [-0.05, 0) is 37.5 Å². The molecular weight excluding hydrogens is 256 g/mol. The molecule has 0 aromatic heterocycles. The number of hydrogen-bond acceptors (Lipinski definition) is 4. The number of aromatic hydroxyl groups is 1. The average molecular weight is 276 g/mol. The van der Waals surface area contributed by atoms with Gasteiger partial charge in [0.25, 0.3) is 5.91 Å². The first kappa shape index (κ1) is 13.2. The van der Waals surface area contributed by atoms with Crippen LogP contribution in [0.3, 0.4) is 0 Å². The molecule has 1 unspecified atom stereocenters. The van der Waals surface area contributed by atoms with E-state index in [0.717, 1.165) is 25.6 Å². The molecule has 1 aromatic carbocycles. The Morgan fingerprint density at radius 1 is 1.40 bits per heavy atom. The second-order valence-electron chi connectivity index (χ2n) is 5.57. The van der Waals surface area contributed by atoms with E-state index in [1.54, 1.807) is 19.2 Å². The van der Waals surface area contributed by atoms with Gasteiger partial charge in [-0.25, -0.2) is 0 Å². The molecule has 20 heavy (non-hydrogen) atoms. The van der Waals surface area contributed by atoms with Crippen LogP contribution in [0.25, 0.3) is 0 Å². The summed E-state index contributed by atoms with van der Waals surface area (Å²) >= 11 is 0. The number of likely N-dealkylation sites (tertiary alicyclic amines) is 1. The summed E-state index contributed by atoms with van der Waals surface area (Å²) in [5, 5.41) is 12.8. The fraction of sp³-hybridized carbons (Fsp3) is 0.533. The molecular formula is C15H20N2O3. The fourth-order valence-electron chi connectivity index (χ4n) is 2.76. The molecule has 0 radical (unpaired) electrons. The second kappa shape index (κ2) is 5.32. The van der Waals surface area contributed by atoms with Gasteiger partial charge in [0.05, 0.1) is 12.7 Å². The molecule has 3 rings (SSSR count). The monoisotopic (exact) mass is 276 g/mol. The molecule has 1 amide bonds. The van der Waals surface area contributed by atoms with E-state index in [-0.39, 0.29) is 23.3 Å². The number of rotatable bonds is 4. The number of amides is 1. The minimum atomic E-state index is -0.232. The number of phenols is 1. The SMILES string of the molecule is COc1ccc(O)c(C(=O)NC2CCN(C3CC3)C2)c1. The van der Waals surface area contributed by atoms with E-state index < -0.39 is 0 Å². The standard InChI is InChI=1S/C15H20N2O3/c1-20-12-4-5-14(18)13(8-12)15(19)16-10-6-7-17(9-10)11-2-3-11/h4-5,8,10-11,18H,2-3,6-7,9H2,1H3,(H,16,19). The molecule has 2 N–H and O–H groups in total. The highest BCUT2D eigenvalue weighted by atomic mass is 16.5. The first-order chi connectivity index (χ1) is 9.67. The van der Waals surface area contributed by atoms with Crippen LogP contribution in [0.5, 0.6) is 11.5 Å². The van der Waals surface area contributed by atoms with Crippen LogP contribution in [-0.2, 0) is 0 Å². The molecule has 1 saturated carbocycles. The molecule has 0 spiro atoms. The van der Waals surface area contributed by atoms with Crippen molar-refractivity contribution < 1.29 is 14.6 Å². The van der Waals surface area contributed by atoms with Gasteiger partial charge in [0.1, 0.15) is 11.5 Å². The third kappa shape index (κ3) is 2.72. The van der Waals surface area contributed by atoms with Crippen LogP contribution in [0, 0.1) is 0 Å². The lowest BCUT2D eigenvalue weighted by Gasteiger charge is -2.16. The van der Waals surface area contributed by atoms with Crippen LogP contribution < -0.4 is 10.1 Å². The van der Waals surface area contributed by atoms with E-state index in [2.05, 4.69) is 10.2 Å². The predicted octanol–water partition coefficient (Wildman–Crippen LogP) is 1.37. The second-order valence-corrected chi connectivity index (χ2v) is 5.57. The van der Waals surface area contributed by atoms with Crippen molar-refractivity contribution in [2.45, 2.75) is 31.3 Å². The lowest BCUT2D eigenvalue weighted by molar-refractivity contribution is 0.0934. The summed E-state index contributed by atoms with van der Waals surface area (Å²) in [6, 6.07) is 5.60. The van der Waals surface area contributed by atoms with Gasteiger partial charge < -0.3 is 15.2 Å². The summed E-state index contributed by atoms with van der Waals surface area (Å²) in [6.45, 7) is 1.97. The Hall–Kier alpha value is -1.75. The van der Waals surface area contributed by atoms with Crippen molar-refractivity contribution in [3.63, 3.8) is 0 Å². The van der Waals surface area contributed by atoms with Crippen LogP contribution >= 0.6 is 0 Å². The van der Waals surface area contributed by atoms with Crippen molar-refractivity contribution in [2.24, 2.45) is 0 Å². The lowest BCUT2D eigenvalue weighted by atomic mass is 10.1. The third-order valence-electron chi connectivity index (χ3n) is 4.07. The van der Waals surface area contributed by atoms with Crippen LogP contribution in [0.1, 0.15) is 29.6 Å². The van der Waals surface area contributed by atoms with Crippen LogP contribution in [0.2, 0.25) is 0 Å². The smallest absolute Gasteiger partial charge is 0.255 e. The molecule has 5 nitrogen and oxygen atoms in total. The molecule has 5 heteroatoms.